The molecule has 1 nitrogen and oxygen atoms in total. The van der Waals surface area contributed by atoms with Crippen LogP contribution in [0.15, 0.2) is 0 Å². The van der Waals surface area contributed by atoms with E-state index < -0.39 is 0 Å². The minimum atomic E-state index is 0.348. The lowest BCUT2D eigenvalue weighted by atomic mass is 10.1. The van der Waals surface area contributed by atoms with Gasteiger partial charge in [-0.25, -0.2) is 0 Å². The predicted octanol–water partition coefficient (Wildman–Crippen LogP) is 2.22. The lowest BCUT2D eigenvalue weighted by Gasteiger charge is -2.04. The summed E-state index contributed by atoms with van der Waals surface area (Å²) in [6, 6.07) is 0. The van der Waals surface area contributed by atoms with Gasteiger partial charge < -0.3 is 5.11 Å². The van der Waals surface area contributed by atoms with Crippen molar-refractivity contribution in [2.24, 2.45) is 5.92 Å². The van der Waals surface area contributed by atoms with Gasteiger partial charge in [0.25, 0.3) is 0 Å². The van der Waals surface area contributed by atoms with E-state index in [1.54, 1.807) is 0 Å². The maximum absolute atomic E-state index is 8.63. The zero-order chi connectivity index (χ0) is 7.11. The van der Waals surface area contributed by atoms with Crippen LogP contribution in [0, 0.1) is 5.92 Å². The Morgan fingerprint density at radius 3 is 2.56 bits per heavy atom. The second kappa shape index (κ2) is 6.81. The van der Waals surface area contributed by atoms with Gasteiger partial charge in [0.1, 0.15) is 0 Å². The zero-order valence-electron chi connectivity index (χ0n) is 5.94. The van der Waals surface area contributed by atoms with E-state index in [4.69, 9.17) is 5.11 Å². The molecule has 0 aliphatic carbocycles. The first-order valence-corrected chi connectivity index (χ1v) is 5.00. The maximum atomic E-state index is 8.63. The molecule has 0 bridgehead atoms. The molecule has 0 rings (SSSR count). The minimum absolute atomic E-state index is 0.348. The van der Waals surface area contributed by atoms with Crippen LogP contribution >= 0.6 is 22.6 Å². The van der Waals surface area contributed by atoms with E-state index in [1.165, 1.54) is 23.7 Å². The summed E-state index contributed by atoms with van der Waals surface area (Å²) in [5, 5.41) is 8.63. The topological polar surface area (TPSA) is 20.2 Å². The molecule has 0 aromatic heterocycles. The molecule has 1 N–H and O–H groups in total. The molecular weight excluding hydrogens is 227 g/mol. The van der Waals surface area contributed by atoms with Crippen molar-refractivity contribution in [3.63, 3.8) is 0 Å². The molecule has 56 valence electrons. The highest BCUT2D eigenvalue weighted by Crippen LogP contribution is 2.07. The summed E-state index contributed by atoms with van der Waals surface area (Å²) >= 11 is 2.38. The second-order valence-electron chi connectivity index (χ2n) is 2.47. The van der Waals surface area contributed by atoms with Crippen molar-refractivity contribution < 1.29 is 5.11 Å². The van der Waals surface area contributed by atoms with Gasteiger partial charge in [0, 0.05) is 6.61 Å². The first-order chi connectivity index (χ1) is 4.31. The van der Waals surface area contributed by atoms with Crippen molar-refractivity contribution in [3.05, 3.63) is 0 Å². The Morgan fingerprint density at radius 1 is 1.44 bits per heavy atom. The Balaban J connectivity index is 2.88. The Morgan fingerprint density at radius 2 is 2.11 bits per heavy atom. The fourth-order valence-corrected chi connectivity index (χ4v) is 1.22. The third-order valence-electron chi connectivity index (χ3n) is 1.39. The predicted molar refractivity (Wildman–Crippen MR) is 49.0 cm³/mol. The number of unbranched alkanes of at least 4 members (excludes halogenated alkanes) is 1. The molecule has 0 aliphatic heterocycles. The summed E-state index contributed by atoms with van der Waals surface area (Å²) < 4.78 is 1.25. The van der Waals surface area contributed by atoms with E-state index in [0.717, 1.165) is 0 Å². The molecule has 0 saturated carbocycles. The summed E-state index contributed by atoms with van der Waals surface area (Å²) in [7, 11) is 0. The van der Waals surface area contributed by atoms with Crippen LogP contribution in [-0.2, 0) is 0 Å². The van der Waals surface area contributed by atoms with Crippen LogP contribution in [-0.4, -0.2) is 16.1 Å². The Labute approximate surface area is 71.0 Å². The molecule has 0 aliphatic rings. The number of aliphatic hydroxyl groups excluding tert-OH is 1. The first-order valence-electron chi connectivity index (χ1n) is 3.48. The molecule has 9 heavy (non-hydrogen) atoms. The first kappa shape index (κ1) is 9.69. The van der Waals surface area contributed by atoms with Gasteiger partial charge in [-0.05, 0) is 23.2 Å². The Bertz CT molecular complexity index is 56.9. The van der Waals surface area contributed by atoms with Crippen LogP contribution in [0.1, 0.15) is 26.2 Å². The molecule has 0 unspecified atom stereocenters. The van der Waals surface area contributed by atoms with Gasteiger partial charge in [-0.3, -0.25) is 0 Å². The Kier molecular flexibility index (Phi) is 7.33. The summed E-state index contributed by atoms with van der Waals surface area (Å²) in [6.07, 6.45) is 3.75. The second-order valence-corrected chi connectivity index (χ2v) is 3.55. The monoisotopic (exact) mass is 242 g/mol. The third-order valence-corrected chi connectivity index (χ3v) is 2.16. The lowest BCUT2D eigenvalue weighted by molar-refractivity contribution is 0.228. The lowest BCUT2D eigenvalue weighted by Crippen LogP contribution is -1.99. The summed E-state index contributed by atoms with van der Waals surface area (Å²) in [5.41, 5.74) is 0. The van der Waals surface area contributed by atoms with Crippen LogP contribution in [0.5, 0.6) is 0 Å². The highest BCUT2D eigenvalue weighted by Gasteiger charge is 1.97. The molecule has 0 aromatic rings. The van der Waals surface area contributed by atoms with Gasteiger partial charge in [0.05, 0.1) is 0 Å². The van der Waals surface area contributed by atoms with Gasteiger partial charge in [0.15, 0.2) is 0 Å². The van der Waals surface area contributed by atoms with Crippen molar-refractivity contribution in [2.75, 3.05) is 11.0 Å². The number of aliphatic hydroxyl groups is 1. The van der Waals surface area contributed by atoms with Gasteiger partial charge in [-0.2, -0.15) is 0 Å². The van der Waals surface area contributed by atoms with Crippen LogP contribution in [0.2, 0.25) is 0 Å². The number of hydrogen-bond donors (Lipinski definition) is 1. The van der Waals surface area contributed by atoms with E-state index in [0.29, 0.717) is 12.5 Å². The van der Waals surface area contributed by atoms with Gasteiger partial charge >= 0.3 is 0 Å². The molecule has 0 spiro atoms. The van der Waals surface area contributed by atoms with Crippen molar-refractivity contribution in [1.82, 2.24) is 0 Å². The molecule has 2 heteroatoms. The average molecular weight is 242 g/mol. The smallest absolute Gasteiger partial charge is 0.0456 e. The molecule has 0 radical (unpaired) electrons. The van der Waals surface area contributed by atoms with E-state index in [2.05, 4.69) is 29.5 Å². The molecule has 0 amide bonds. The van der Waals surface area contributed by atoms with Crippen LogP contribution in [0.25, 0.3) is 0 Å². The molecule has 0 saturated heterocycles. The zero-order valence-corrected chi connectivity index (χ0v) is 8.10. The normalized spacial score (nSPS) is 13.7. The number of halogens is 1. The van der Waals surface area contributed by atoms with Crippen LogP contribution < -0.4 is 0 Å². The van der Waals surface area contributed by atoms with E-state index in [1.807, 2.05) is 0 Å². The fraction of sp³-hybridized carbons (Fsp3) is 1.00. The van der Waals surface area contributed by atoms with Crippen molar-refractivity contribution in [1.29, 1.82) is 0 Å². The Hall–Kier alpha value is 0.690. The number of hydrogen-bond acceptors (Lipinski definition) is 1. The van der Waals surface area contributed by atoms with E-state index >= 15 is 0 Å². The van der Waals surface area contributed by atoms with E-state index in [-0.39, 0.29) is 0 Å². The highest BCUT2D eigenvalue weighted by atomic mass is 127. The van der Waals surface area contributed by atoms with Crippen LogP contribution in [0.3, 0.4) is 0 Å². The van der Waals surface area contributed by atoms with Crippen LogP contribution in [0.4, 0.5) is 0 Å². The number of rotatable bonds is 5. The molecule has 0 fully saturated rings. The van der Waals surface area contributed by atoms with Crippen molar-refractivity contribution in [2.45, 2.75) is 26.2 Å². The van der Waals surface area contributed by atoms with Gasteiger partial charge in [-0.1, -0.05) is 35.9 Å². The minimum Gasteiger partial charge on any atom is -0.396 e. The molecule has 0 heterocycles. The summed E-state index contributed by atoms with van der Waals surface area (Å²) in [5.74, 6) is 0.507. The fourth-order valence-electron chi connectivity index (χ4n) is 0.679. The molecule has 0 aromatic carbocycles. The standard InChI is InChI=1S/C7H15IO/c1-7(6-9)4-2-3-5-8/h7,9H,2-6H2,1H3/t7-/m1/s1. The van der Waals surface area contributed by atoms with Crippen molar-refractivity contribution >= 4 is 22.6 Å². The maximum Gasteiger partial charge on any atom is 0.0456 e. The van der Waals surface area contributed by atoms with Gasteiger partial charge in [0.2, 0.25) is 0 Å². The van der Waals surface area contributed by atoms with Gasteiger partial charge in [-0.15, -0.1) is 0 Å². The van der Waals surface area contributed by atoms with Crippen molar-refractivity contribution in [3.8, 4) is 0 Å². The highest BCUT2D eigenvalue weighted by molar-refractivity contribution is 14.1. The summed E-state index contributed by atoms with van der Waals surface area (Å²) in [6.45, 7) is 2.44. The third kappa shape index (κ3) is 6.58. The summed E-state index contributed by atoms with van der Waals surface area (Å²) in [4.78, 5) is 0. The molecular formula is C7H15IO. The number of alkyl halides is 1. The SMILES string of the molecule is C[C@@H](CO)CCCCI. The molecule has 1 atom stereocenters. The quantitative estimate of drug-likeness (QED) is 0.445. The average Bonchev–Trinajstić information content (AvgIpc) is 1.89. The largest absolute Gasteiger partial charge is 0.396 e. The van der Waals surface area contributed by atoms with E-state index in [9.17, 15) is 0 Å².